The minimum atomic E-state index is -0.734. The Morgan fingerprint density at radius 1 is 1.52 bits per heavy atom. The highest BCUT2D eigenvalue weighted by Gasteiger charge is 2.24. The second kappa shape index (κ2) is 6.03. The van der Waals surface area contributed by atoms with Crippen molar-refractivity contribution >= 4 is 34.2 Å². The number of non-ortho nitro benzene ring substituents is 1. The number of aromatic nitrogens is 3. The number of nitrogens with zero attached hydrogens (tertiary/aromatic N) is 3. The predicted molar refractivity (Wildman–Crippen MR) is 78.8 cm³/mol. The number of phenols is 1. The van der Waals surface area contributed by atoms with E-state index in [9.17, 15) is 20.0 Å². The summed E-state index contributed by atoms with van der Waals surface area (Å²) in [5, 5.41) is 30.6. The van der Waals surface area contributed by atoms with Crippen LogP contribution in [0.1, 0.15) is 17.4 Å². The van der Waals surface area contributed by atoms with Crippen LogP contribution in [0.3, 0.4) is 0 Å². The molecule has 9 nitrogen and oxygen atoms in total. The molecule has 0 aliphatic carbocycles. The van der Waals surface area contributed by atoms with E-state index in [0.29, 0.717) is 0 Å². The number of carbonyl (C=O) groups excluding carboxylic acids is 1. The van der Waals surface area contributed by atoms with Crippen molar-refractivity contribution in [3.8, 4) is 17.0 Å². The highest BCUT2D eigenvalue weighted by molar-refractivity contribution is 14.1. The van der Waals surface area contributed by atoms with Gasteiger partial charge in [0.05, 0.1) is 20.7 Å². The summed E-state index contributed by atoms with van der Waals surface area (Å²) < 4.78 is 5.08. The summed E-state index contributed by atoms with van der Waals surface area (Å²) in [4.78, 5) is 22.0. The fourth-order valence-corrected chi connectivity index (χ4v) is 2.24. The summed E-state index contributed by atoms with van der Waals surface area (Å²) in [6.45, 7) is 1.77. The molecule has 0 radical (unpaired) electrons. The van der Waals surface area contributed by atoms with E-state index < -0.39 is 10.9 Å². The van der Waals surface area contributed by atoms with Gasteiger partial charge in [0.25, 0.3) is 5.69 Å². The molecular weight excluding hydrogens is 395 g/mol. The van der Waals surface area contributed by atoms with Crippen molar-refractivity contribution in [1.82, 2.24) is 15.4 Å². The highest BCUT2D eigenvalue weighted by atomic mass is 127. The van der Waals surface area contributed by atoms with Crippen LogP contribution in [0.5, 0.6) is 5.75 Å². The van der Waals surface area contributed by atoms with Crippen LogP contribution in [0.15, 0.2) is 12.1 Å². The molecule has 0 bridgehead atoms. The first-order valence-electron chi connectivity index (χ1n) is 5.70. The van der Waals surface area contributed by atoms with Crippen molar-refractivity contribution in [3.63, 3.8) is 0 Å². The molecule has 1 aromatic heterocycles. The van der Waals surface area contributed by atoms with Crippen LogP contribution in [-0.4, -0.2) is 38.0 Å². The maximum atomic E-state index is 11.8. The number of aromatic amines is 1. The monoisotopic (exact) mass is 404 g/mol. The standard InChI is InChI=1S/C11H9IN4O5/c1-2-21-11(18)9-8(13-15-14-9)6-3-5(16(19)20)4-7(12)10(6)17/h3-4,17H,2H2,1H3,(H,13,14,15). The number of halogens is 1. The predicted octanol–water partition coefficient (Wildman–Crippen LogP) is 1.87. The van der Waals surface area contributed by atoms with E-state index in [2.05, 4.69) is 15.4 Å². The number of phenolic OH excluding ortho intramolecular Hbond substituents is 1. The number of nitro groups is 1. The zero-order chi connectivity index (χ0) is 15.6. The molecule has 2 rings (SSSR count). The number of aromatic hydroxyl groups is 1. The number of nitrogens with one attached hydrogen (secondary N) is 1. The lowest BCUT2D eigenvalue weighted by Crippen LogP contribution is -2.07. The smallest absolute Gasteiger partial charge is 0.361 e. The zero-order valence-corrected chi connectivity index (χ0v) is 12.8. The molecule has 1 heterocycles. The molecule has 110 valence electrons. The van der Waals surface area contributed by atoms with Crippen LogP contribution < -0.4 is 0 Å². The molecule has 0 amide bonds. The number of nitro benzene ring substituents is 1. The van der Waals surface area contributed by atoms with Crippen LogP contribution >= 0.6 is 22.6 Å². The molecule has 0 saturated carbocycles. The average molecular weight is 404 g/mol. The third kappa shape index (κ3) is 2.94. The van der Waals surface area contributed by atoms with Gasteiger partial charge in [0.2, 0.25) is 0 Å². The first-order chi connectivity index (χ1) is 9.95. The Labute approximate surface area is 131 Å². The lowest BCUT2D eigenvalue weighted by molar-refractivity contribution is -0.384. The summed E-state index contributed by atoms with van der Waals surface area (Å²) in [5.74, 6) is -0.956. The first-order valence-corrected chi connectivity index (χ1v) is 6.78. The van der Waals surface area contributed by atoms with Gasteiger partial charge >= 0.3 is 5.97 Å². The number of rotatable bonds is 4. The van der Waals surface area contributed by atoms with E-state index >= 15 is 0 Å². The second-order valence-corrected chi connectivity index (χ2v) is 4.98. The highest BCUT2D eigenvalue weighted by Crippen LogP contribution is 2.36. The van der Waals surface area contributed by atoms with E-state index in [4.69, 9.17) is 4.74 Å². The van der Waals surface area contributed by atoms with Gasteiger partial charge in [0.15, 0.2) is 5.69 Å². The molecule has 10 heteroatoms. The Kier molecular flexibility index (Phi) is 4.35. The molecule has 21 heavy (non-hydrogen) atoms. The summed E-state index contributed by atoms with van der Waals surface area (Å²) in [5.41, 5.74) is -0.355. The second-order valence-electron chi connectivity index (χ2n) is 3.82. The molecular formula is C11H9IN4O5. The van der Waals surface area contributed by atoms with Crippen molar-refractivity contribution in [1.29, 1.82) is 0 Å². The summed E-state index contributed by atoms with van der Waals surface area (Å²) >= 11 is 1.75. The van der Waals surface area contributed by atoms with Crippen LogP contribution in [0.25, 0.3) is 11.3 Å². The third-order valence-corrected chi connectivity index (χ3v) is 3.35. The molecule has 0 aliphatic heterocycles. The van der Waals surface area contributed by atoms with Gasteiger partial charge in [-0.3, -0.25) is 10.1 Å². The zero-order valence-electron chi connectivity index (χ0n) is 10.7. The lowest BCUT2D eigenvalue weighted by Gasteiger charge is -2.05. The number of ether oxygens (including phenoxy) is 1. The SMILES string of the molecule is CCOC(=O)c1n[nH]nc1-c1cc([N+](=O)[O-])cc(I)c1O. The molecule has 0 saturated heterocycles. The van der Waals surface area contributed by atoms with Gasteiger partial charge in [0, 0.05) is 12.1 Å². The van der Waals surface area contributed by atoms with Gasteiger partial charge in [-0.25, -0.2) is 4.79 Å². The van der Waals surface area contributed by atoms with Gasteiger partial charge in [0.1, 0.15) is 11.4 Å². The van der Waals surface area contributed by atoms with Gasteiger partial charge in [-0.05, 0) is 29.5 Å². The number of esters is 1. The van der Waals surface area contributed by atoms with Crippen molar-refractivity contribution in [2.45, 2.75) is 6.92 Å². The van der Waals surface area contributed by atoms with Crippen LogP contribution in [-0.2, 0) is 4.74 Å². The summed E-state index contributed by atoms with van der Waals surface area (Å²) in [6, 6.07) is 2.33. The Balaban J connectivity index is 2.60. The van der Waals surface area contributed by atoms with E-state index in [1.165, 1.54) is 6.07 Å². The molecule has 0 spiro atoms. The third-order valence-electron chi connectivity index (χ3n) is 2.53. The van der Waals surface area contributed by atoms with Crippen molar-refractivity contribution < 1.29 is 19.6 Å². The largest absolute Gasteiger partial charge is 0.506 e. The van der Waals surface area contributed by atoms with Crippen molar-refractivity contribution in [2.24, 2.45) is 0 Å². The average Bonchev–Trinajstić information content (AvgIpc) is 2.91. The molecule has 0 fully saturated rings. The van der Waals surface area contributed by atoms with Gasteiger partial charge in [-0.15, -0.1) is 5.10 Å². The Morgan fingerprint density at radius 3 is 2.86 bits per heavy atom. The minimum Gasteiger partial charge on any atom is -0.506 e. The molecule has 0 aliphatic rings. The summed E-state index contributed by atoms with van der Waals surface area (Å²) in [7, 11) is 0. The van der Waals surface area contributed by atoms with Gasteiger partial charge in [-0.1, -0.05) is 0 Å². The minimum absolute atomic E-state index is 0.00688. The van der Waals surface area contributed by atoms with Crippen LogP contribution in [0.4, 0.5) is 5.69 Å². The van der Waals surface area contributed by atoms with E-state index in [1.807, 2.05) is 0 Å². The number of benzene rings is 1. The van der Waals surface area contributed by atoms with Crippen molar-refractivity contribution in [2.75, 3.05) is 6.61 Å². The lowest BCUT2D eigenvalue weighted by atomic mass is 10.1. The number of carbonyl (C=O) groups is 1. The maximum Gasteiger partial charge on any atom is 0.361 e. The molecule has 0 atom stereocenters. The number of hydrogen-bond acceptors (Lipinski definition) is 7. The molecule has 0 unspecified atom stereocenters. The number of H-pyrrole nitrogens is 1. The Morgan fingerprint density at radius 2 is 2.24 bits per heavy atom. The molecule has 2 N–H and O–H groups in total. The van der Waals surface area contributed by atoms with Gasteiger partial charge < -0.3 is 9.84 Å². The van der Waals surface area contributed by atoms with Crippen LogP contribution in [0.2, 0.25) is 0 Å². The normalized spacial score (nSPS) is 10.4. The summed E-state index contributed by atoms with van der Waals surface area (Å²) in [6.07, 6.45) is 0. The Bertz CT molecular complexity index is 715. The fraction of sp³-hybridized carbons (Fsp3) is 0.182. The fourth-order valence-electron chi connectivity index (χ4n) is 1.63. The molecule has 2 aromatic rings. The topological polar surface area (TPSA) is 131 Å². The Hall–Kier alpha value is -2.24. The van der Waals surface area contributed by atoms with E-state index in [-0.39, 0.29) is 38.6 Å². The molecule has 1 aromatic carbocycles. The van der Waals surface area contributed by atoms with E-state index in [0.717, 1.165) is 6.07 Å². The van der Waals surface area contributed by atoms with Crippen molar-refractivity contribution in [3.05, 3.63) is 31.5 Å². The first kappa shape index (κ1) is 15.2. The quantitative estimate of drug-likeness (QED) is 0.344. The van der Waals surface area contributed by atoms with Crippen LogP contribution in [0, 0.1) is 13.7 Å². The number of hydrogen-bond donors (Lipinski definition) is 2. The maximum absolute atomic E-state index is 11.8. The van der Waals surface area contributed by atoms with Gasteiger partial charge in [-0.2, -0.15) is 10.3 Å². The van der Waals surface area contributed by atoms with E-state index in [1.54, 1.807) is 29.5 Å².